The van der Waals surface area contributed by atoms with E-state index in [1.165, 1.54) is 22.7 Å². The summed E-state index contributed by atoms with van der Waals surface area (Å²) in [5.41, 5.74) is 6.81. The summed E-state index contributed by atoms with van der Waals surface area (Å²) in [5, 5.41) is 5.31. The number of anilines is 1. The molecule has 0 saturated carbocycles. The molecule has 2 heterocycles. The lowest BCUT2D eigenvalue weighted by Gasteiger charge is -2.05. The molecular formula is C14H16N2O2S2. The molecule has 0 fully saturated rings. The monoisotopic (exact) mass is 308 g/mol. The number of carbonyl (C=O) groups excluding carboxylic acids is 2. The summed E-state index contributed by atoms with van der Waals surface area (Å²) in [5.74, 6) is -0.614. The Hall–Kier alpha value is -1.66. The van der Waals surface area contributed by atoms with Crippen molar-refractivity contribution in [3.8, 4) is 0 Å². The van der Waals surface area contributed by atoms with Gasteiger partial charge >= 0.3 is 0 Å². The van der Waals surface area contributed by atoms with Crippen molar-refractivity contribution in [2.45, 2.75) is 26.7 Å². The Morgan fingerprint density at radius 3 is 2.70 bits per heavy atom. The van der Waals surface area contributed by atoms with Gasteiger partial charge < -0.3 is 11.1 Å². The van der Waals surface area contributed by atoms with Crippen LogP contribution in [0.1, 0.15) is 32.6 Å². The number of rotatable bonds is 5. The molecule has 2 amide bonds. The Labute approximate surface area is 125 Å². The average Bonchev–Trinajstić information content (AvgIpc) is 2.96. The van der Waals surface area contributed by atoms with Gasteiger partial charge in [0.15, 0.2) is 0 Å². The first kappa shape index (κ1) is 14.7. The molecule has 2 rings (SSSR count). The maximum atomic E-state index is 12.0. The van der Waals surface area contributed by atoms with Crippen LogP contribution in [0, 0.1) is 6.92 Å². The molecule has 0 bridgehead atoms. The molecule has 0 aliphatic carbocycles. The summed E-state index contributed by atoms with van der Waals surface area (Å²) in [6.07, 6.45) is 1.04. The first-order valence-corrected chi connectivity index (χ1v) is 7.96. The summed E-state index contributed by atoms with van der Waals surface area (Å²) >= 11 is 2.94. The fourth-order valence-electron chi connectivity index (χ4n) is 2.10. The highest BCUT2D eigenvalue weighted by molar-refractivity contribution is 7.16. The van der Waals surface area contributed by atoms with E-state index in [9.17, 15) is 9.59 Å². The smallest absolute Gasteiger partial charge is 0.251 e. The Morgan fingerprint density at radius 1 is 1.40 bits per heavy atom. The molecular weight excluding hydrogens is 292 g/mol. The topological polar surface area (TPSA) is 72.2 Å². The lowest BCUT2D eigenvalue weighted by Crippen LogP contribution is -2.18. The number of carbonyl (C=O) groups is 2. The van der Waals surface area contributed by atoms with Crippen molar-refractivity contribution < 1.29 is 9.59 Å². The second kappa shape index (κ2) is 6.19. The first-order chi connectivity index (χ1) is 9.52. The second-order valence-corrected chi connectivity index (χ2v) is 6.62. The van der Waals surface area contributed by atoms with Crippen LogP contribution in [0.5, 0.6) is 0 Å². The van der Waals surface area contributed by atoms with Crippen LogP contribution in [0.2, 0.25) is 0 Å². The van der Waals surface area contributed by atoms with Gasteiger partial charge in [-0.2, -0.15) is 0 Å². The van der Waals surface area contributed by atoms with Gasteiger partial charge in [0.1, 0.15) is 5.00 Å². The van der Waals surface area contributed by atoms with E-state index in [1.54, 1.807) is 0 Å². The molecule has 0 aliphatic rings. The predicted octanol–water partition coefficient (Wildman–Crippen LogP) is 2.96. The highest BCUT2D eigenvalue weighted by atomic mass is 32.1. The zero-order chi connectivity index (χ0) is 14.7. The van der Waals surface area contributed by atoms with Crippen molar-refractivity contribution in [3.05, 3.63) is 38.4 Å². The zero-order valence-corrected chi connectivity index (χ0v) is 13.0. The van der Waals surface area contributed by atoms with Crippen LogP contribution in [-0.4, -0.2) is 11.8 Å². The number of nitrogens with two attached hydrogens (primary N) is 1. The fraction of sp³-hybridized carbons (Fsp3) is 0.286. The predicted molar refractivity (Wildman–Crippen MR) is 83.6 cm³/mol. The molecule has 2 aromatic rings. The Bertz CT molecular complexity index is 630. The number of nitrogens with one attached hydrogen (secondary N) is 1. The standard InChI is InChI=1S/C14H16N2O2S2/c1-3-10-8(2)20-14(12(10)13(15)18)16-11(17)7-9-5-4-6-19-9/h4-6H,3,7H2,1-2H3,(H2,15,18)(H,16,17). The number of thiophene rings is 2. The molecule has 0 unspecified atom stereocenters. The van der Waals surface area contributed by atoms with Gasteiger partial charge in [0, 0.05) is 9.75 Å². The number of primary amides is 1. The minimum Gasteiger partial charge on any atom is -0.365 e. The van der Waals surface area contributed by atoms with Crippen LogP contribution in [0.3, 0.4) is 0 Å². The average molecular weight is 308 g/mol. The molecule has 4 nitrogen and oxygen atoms in total. The Balaban J connectivity index is 2.20. The van der Waals surface area contributed by atoms with Crippen molar-refractivity contribution in [2.75, 3.05) is 5.32 Å². The van der Waals surface area contributed by atoms with Crippen LogP contribution < -0.4 is 11.1 Å². The van der Waals surface area contributed by atoms with Gasteiger partial charge in [0.05, 0.1) is 12.0 Å². The maximum absolute atomic E-state index is 12.0. The van der Waals surface area contributed by atoms with E-state index >= 15 is 0 Å². The van der Waals surface area contributed by atoms with Crippen molar-refractivity contribution in [1.29, 1.82) is 0 Å². The molecule has 2 aromatic heterocycles. The number of hydrogen-bond acceptors (Lipinski definition) is 4. The van der Waals surface area contributed by atoms with Gasteiger partial charge in [-0.3, -0.25) is 9.59 Å². The van der Waals surface area contributed by atoms with Gasteiger partial charge in [-0.25, -0.2) is 0 Å². The van der Waals surface area contributed by atoms with E-state index < -0.39 is 5.91 Å². The van der Waals surface area contributed by atoms with Gasteiger partial charge in [-0.1, -0.05) is 13.0 Å². The third-order valence-electron chi connectivity index (χ3n) is 2.98. The van der Waals surface area contributed by atoms with Gasteiger partial charge in [-0.05, 0) is 30.4 Å². The molecule has 20 heavy (non-hydrogen) atoms. The van der Waals surface area contributed by atoms with E-state index in [0.717, 1.165) is 21.7 Å². The highest BCUT2D eigenvalue weighted by Gasteiger charge is 2.20. The molecule has 0 spiro atoms. The molecule has 0 aromatic carbocycles. The summed E-state index contributed by atoms with van der Waals surface area (Å²) in [7, 11) is 0. The summed E-state index contributed by atoms with van der Waals surface area (Å²) < 4.78 is 0. The Kier molecular flexibility index (Phi) is 4.57. The number of hydrogen-bond donors (Lipinski definition) is 2. The second-order valence-electron chi connectivity index (χ2n) is 4.36. The zero-order valence-electron chi connectivity index (χ0n) is 11.4. The van der Waals surface area contributed by atoms with E-state index in [2.05, 4.69) is 5.32 Å². The van der Waals surface area contributed by atoms with Gasteiger partial charge in [0.25, 0.3) is 5.91 Å². The van der Waals surface area contributed by atoms with E-state index in [4.69, 9.17) is 5.73 Å². The van der Waals surface area contributed by atoms with Crippen molar-refractivity contribution in [2.24, 2.45) is 5.73 Å². The summed E-state index contributed by atoms with van der Waals surface area (Å²) in [4.78, 5) is 25.6. The van der Waals surface area contributed by atoms with Crippen LogP contribution >= 0.6 is 22.7 Å². The van der Waals surface area contributed by atoms with E-state index in [0.29, 0.717) is 17.0 Å². The van der Waals surface area contributed by atoms with Crippen molar-refractivity contribution >= 4 is 39.5 Å². The SMILES string of the molecule is CCc1c(C)sc(NC(=O)Cc2cccs2)c1C(N)=O. The molecule has 0 saturated heterocycles. The van der Waals surface area contributed by atoms with Crippen molar-refractivity contribution in [3.63, 3.8) is 0 Å². The lowest BCUT2D eigenvalue weighted by atomic mass is 10.1. The van der Waals surface area contributed by atoms with Crippen molar-refractivity contribution in [1.82, 2.24) is 0 Å². The van der Waals surface area contributed by atoms with E-state index in [1.807, 2.05) is 31.4 Å². The molecule has 106 valence electrons. The highest BCUT2D eigenvalue weighted by Crippen LogP contribution is 2.33. The molecule has 0 radical (unpaired) electrons. The van der Waals surface area contributed by atoms with Crippen LogP contribution in [0.25, 0.3) is 0 Å². The molecule has 0 atom stereocenters. The third kappa shape index (κ3) is 3.08. The summed E-state index contributed by atoms with van der Waals surface area (Å²) in [6.45, 7) is 3.91. The Morgan fingerprint density at radius 2 is 2.15 bits per heavy atom. The van der Waals surface area contributed by atoms with Gasteiger partial charge in [-0.15, -0.1) is 22.7 Å². The minimum absolute atomic E-state index is 0.126. The quantitative estimate of drug-likeness (QED) is 0.891. The fourth-order valence-corrected chi connectivity index (χ4v) is 3.97. The first-order valence-electron chi connectivity index (χ1n) is 6.27. The third-order valence-corrected chi connectivity index (χ3v) is 4.92. The van der Waals surface area contributed by atoms with Crippen LogP contribution in [0.4, 0.5) is 5.00 Å². The maximum Gasteiger partial charge on any atom is 0.251 e. The normalized spacial score (nSPS) is 10.5. The largest absolute Gasteiger partial charge is 0.365 e. The molecule has 6 heteroatoms. The van der Waals surface area contributed by atoms with Crippen LogP contribution in [-0.2, 0) is 17.6 Å². The van der Waals surface area contributed by atoms with Crippen LogP contribution in [0.15, 0.2) is 17.5 Å². The van der Waals surface area contributed by atoms with Gasteiger partial charge in [0.2, 0.25) is 5.91 Å². The molecule has 0 aliphatic heterocycles. The molecule has 3 N–H and O–H groups in total. The summed E-state index contributed by atoms with van der Waals surface area (Å²) in [6, 6.07) is 3.82. The minimum atomic E-state index is -0.488. The number of amides is 2. The van der Waals surface area contributed by atoms with E-state index in [-0.39, 0.29) is 5.91 Å². The lowest BCUT2D eigenvalue weighted by molar-refractivity contribution is -0.115. The number of aryl methyl sites for hydroxylation is 1.